The predicted molar refractivity (Wildman–Crippen MR) is 89.1 cm³/mol. The normalized spacial score (nSPS) is 15.8. The number of piperazine rings is 1. The number of aromatic nitrogens is 1. The van der Waals surface area contributed by atoms with E-state index in [-0.39, 0.29) is 0 Å². The van der Waals surface area contributed by atoms with Crippen molar-refractivity contribution in [3.63, 3.8) is 0 Å². The second-order valence-electron chi connectivity index (χ2n) is 5.53. The molecule has 2 heterocycles. The molecule has 1 aliphatic heterocycles. The highest BCUT2D eigenvalue weighted by molar-refractivity contribution is 5.62. The van der Waals surface area contributed by atoms with Crippen molar-refractivity contribution in [1.82, 2.24) is 9.88 Å². The number of ether oxygens (including phenoxy) is 1. The third-order valence-corrected chi connectivity index (χ3v) is 4.05. The summed E-state index contributed by atoms with van der Waals surface area (Å²) in [5, 5.41) is 0. The molecule has 1 fully saturated rings. The van der Waals surface area contributed by atoms with Crippen LogP contribution in [0.15, 0.2) is 42.6 Å². The van der Waals surface area contributed by atoms with Crippen LogP contribution in [0.25, 0.3) is 0 Å². The van der Waals surface area contributed by atoms with Gasteiger partial charge < -0.3 is 15.4 Å². The fourth-order valence-corrected chi connectivity index (χ4v) is 2.78. The zero-order chi connectivity index (χ0) is 15.4. The molecule has 0 radical (unpaired) electrons. The van der Waals surface area contributed by atoms with Crippen molar-refractivity contribution < 1.29 is 4.74 Å². The Balaban J connectivity index is 1.56. The lowest BCUT2D eigenvalue weighted by molar-refractivity contribution is 0.249. The number of rotatable bonds is 4. The SMILES string of the molecule is COc1ccc(CN2CCN(c3ncccc3N)CC2)cc1. The lowest BCUT2D eigenvalue weighted by Gasteiger charge is -2.35. The highest BCUT2D eigenvalue weighted by atomic mass is 16.5. The highest BCUT2D eigenvalue weighted by Gasteiger charge is 2.19. The van der Waals surface area contributed by atoms with Crippen molar-refractivity contribution in [3.8, 4) is 5.75 Å². The van der Waals surface area contributed by atoms with E-state index in [2.05, 4.69) is 26.9 Å². The first-order valence-corrected chi connectivity index (χ1v) is 7.57. The Bertz CT molecular complexity index is 606. The minimum atomic E-state index is 0.756. The first kappa shape index (κ1) is 14.7. The van der Waals surface area contributed by atoms with Crippen LogP contribution in [0, 0.1) is 0 Å². The van der Waals surface area contributed by atoms with Crippen LogP contribution < -0.4 is 15.4 Å². The van der Waals surface area contributed by atoms with Crippen molar-refractivity contribution in [2.45, 2.75) is 6.54 Å². The van der Waals surface area contributed by atoms with Gasteiger partial charge in [0.1, 0.15) is 5.75 Å². The van der Waals surface area contributed by atoms with Crippen LogP contribution in [0.1, 0.15) is 5.56 Å². The molecule has 5 nitrogen and oxygen atoms in total. The highest BCUT2D eigenvalue weighted by Crippen LogP contribution is 2.21. The third-order valence-electron chi connectivity index (χ3n) is 4.05. The van der Waals surface area contributed by atoms with E-state index in [9.17, 15) is 0 Å². The largest absolute Gasteiger partial charge is 0.497 e. The Morgan fingerprint density at radius 2 is 1.82 bits per heavy atom. The van der Waals surface area contributed by atoms with Gasteiger partial charge in [-0.2, -0.15) is 0 Å². The second-order valence-corrected chi connectivity index (χ2v) is 5.53. The Labute approximate surface area is 131 Å². The Morgan fingerprint density at radius 1 is 1.09 bits per heavy atom. The zero-order valence-corrected chi connectivity index (χ0v) is 12.9. The van der Waals surface area contributed by atoms with E-state index in [1.165, 1.54) is 5.56 Å². The molecular formula is C17H22N4O. The molecule has 5 heteroatoms. The summed E-state index contributed by atoms with van der Waals surface area (Å²) in [7, 11) is 1.69. The van der Waals surface area contributed by atoms with Gasteiger partial charge in [0.2, 0.25) is 0 Å². The summed E-state index contributed by atoms with van der Waals surface area (Å²) in [6.07, 6.45) is 1.80. The van der Waals surface area contributed by atoms with E-state index in [1.807, 2.05) is 24.3 Å². The predicted octanol–water partition coefficient (Wildman–Crippen LogP) is 1.99. The smallest absolute Gasteiger partial charge is 0.151 e. The molecule has 1 aliphatic rings. The molecule has 3 rings (SSSR count). The lowest BCUT2D eigenvalue weighted by atomic mass is 10.2. The fraction of sp³-hybridized carbons (Fsp3) is 0.353. The number of pyridine rings is 1. The summed E-state index contributed by atoms with van der Waals surface area (Å²) in [4.78, 5) is 9.12. The van der Waals surface area contributed by atoms with Crippen LogP contribution in [-0.2, 0) is 6.54 Å². The van der Waals surface area contributed by atoms with Crippen LogP contribution in [0.2, 0.25) is 0 Å². The van der Waals surface area contributed by atoms with E-state index >= 15 is 0 Å². The average molecular weight is 298 g/mol. The van der Waals surface area contributed by atoms with Gasteiger partial charge in [-0.25, -0.2) is 4.98 Å². The Morgan fingerprint density at radius 3 is 2.45 bits per heavy atom. The molecule has 0 bridgehead atoms. The molecule has 0 amide bonds. The first-order valence-electron chi connectivity index (χ1n) is 7.57. The molecule has 22 heavy (non-hydrogen) atoms. The average Bonchev–Trinajstić information content (AvgIpc) is 2.57. The molecule has 1 aromatic carbocycles. The van der Waals surface area contributed by atoms with Crippen LogP contribution in [-0.4, -0.2) is 43.2 Å². The van der Waals surface area contributed by atoms with E-state index in [1.54, 1.807) is 13.3 Å². The zero-order valence-electron chi connectivity index (χ0n) is 12.9. The molecule has 116 valence electrons. The van der Waals surface area contributed by atoms with E-state index < -0.39 is 0 Å². The van der Waals surface area contributed by atoms with Crippen molar-refractivity contribution in [2.75, 3.05) is 43.9 Å². The van der Waals surface area contributed by atoms with Crippen molar-refractivity contribution in [2.24, 2.45) is 0 Å². The number of hydrogen-bond acceptors (Lipinski definition) is 5. The third kappa shape index (κ3) is 3.31. The number of nitrogens with two attached hydrogens (primary N) is 1. The topological polar surface area (TPSA) is 54.6 Å². The van der Waals surface area contributed by atoms with Gasteiger partial charge in [0.15, 0.2) is 5.82 Å². The van der Waals surface area contributed by atoms with Crippen LogP contribution in [0.5, 0.6) is 5.75 Å². The molecular weight excluding hydrogens is 276 g/mol. The van der Waals surface area contributed by atoms with Gasteiger partial charge in [-0.15, -0.1) is 0 Å². The van der Waals surface area contributed by atoms with Gasteiger partial charge in [0, 0.05) is 38.9 Å². The summed E-state index contributed by atoms with van der Waals surface area (Å²) in [6.45, 7) is 4.91. The maximum absolute atomic E-state index is 6.01. The molecule has 2 N–H and O–H groups in total. The molecule has 1 aromatic heterocycles. The van der Waals surface area contributed by atoms with Crippen LogP contribution in [0.3, 0.4) is 0 Å². The summed E-state index contributed by atoms with van der Waals surface area (Å²) in [6, 6.07) is 12.1. The van der Waals surface area contributed by atoms with Crippen molar-refractivity contribution >= 4 is 11.5 Å². The van der Waals surface area contributed by atoms with Gasteiger partial charge in [0.25, 0.3) is 0 Å². The Hall–Kier alpha value is -2.27. The Kier molecular flexibility index (Phi) is 4.44. The molecule has 2 aromatic rings. The van der Waals surface area contributed by atoms with Gasteiger partial charge in [0.05, 0.1) is 12.8 Å². The van der Waals surface area contributed by atoms with Crippen LogP contribution in [0.4, 0.5) is 11.5 Å². The maximum atomic E-state index is 6.01. The van der Waals surface area contributed by atoms with Gasteiger partial charge in [-0.05, 0) is 29.8 Å². The van der Waals surface area contributed by atoms with E-state index in [4.69, 9.17) is 10.5 Å². The lowest BCUT2D eigenvalue weighted by Crippen LogP contribution is -2.46. The van der Waals surface area contributed by atoms with E-state index in [0.29, 0.717) is 0 Å². The van der Waals surface area contributed by atoms with E-state index in [0.717, 1.165) is 50.0 Å². The number of nitrogen functional groups attached to an aromatic ring is 1. The quantitative estimate of drug-likeness (QED) is 0.935. The second kappa shape index (κ2) is 6.66. The van der Waals surface area contributed by atoms with Crippen molar-refractivity contribution in [3.05, 3.63) is 48.2 Å². The number of benzene rings is 1. The number of anilines is 2. The van der Waals surface area contributed by atoms with Gasteiger partial charge in [-0.1, -0.05) is 12.1 Å². The molecule has 0 aliphatic carbocycles. The number of hydrogen-bond donors (Lipinski definition) is 1. The summed E-state index contributed by atoms with van der Waals surface area (Å²) >= 11 is 0. The maximum Gasteiger partial charge on any atom is 0.151 e. The molecule has 0 saturated carbocycles. The first-order chi connectivity index (χ1) is 10.8. The number of methoxy groups -OCH3 is 1. The monoisotopic (exact) mass is 298 g/mol. The minimum Gasteiger partial charge on any atom is -0.497 e. The molecule has 1 saturated heterocycles. The standard InChI is InChI=1S/C17H22N4O/c1-22-15-6-4-14(5-7-15)13-20-9-11-21(12-10-20)17-16(18)3-2-8-19-17/h2-8H,9-13,18H2,1H3. The van der Waals surface area contributed by atoms with Crippen molar-refractivity contribution in [1.29, 1.82) is 0 Å². The van der Waals surface area contributed by atoms with Crippen LogP contribution >= 0.6 is 0 Å². The van der Waals surface area contributed by atoms with Gasteiger partial charge in [-0.3, -0.25) is 4.90 Å². The summed E-state index contributed by atoms with van der Waals surface area (Å²) in [5.74, 6) is 1.81. The molecule has 0 spiro atoms. The molecule has 0 unspecified atom stereocenters. The summed E-state index contributed by atoms with van der Waals surface area (Å²) in [5.41, 5.74) is 8.07. The fourth-order valence-electron chi connectivity index (χ4n) is 2.78. The van der Waals surface area contributed by atoms with Gasteiger partial charge >= 0.3 is 0 Å². The molecule has 0 atom stereocenters. The minimum absolute atomic E-state index is 0.756. The summed E-state index contributed by atoms with van der Waals surface area (Å²) < 4.78 is 5.19. The number of nitrogens with zero attached hydrogens (tertiary/aromatic N) is 3.